The fourth-order valence-electron chi connectivity index (χ4n) is 2.29. The van der Waals surface area contributed by atoms with Crippen LogP contribution in [0.2, 0.25) is 0 Å². The molecule has 0 radical (unpaired) electrons. The number of nitriles is 1. The first-order valence-electron chi connectivity index (χ1n) is 8.53. The van der Waals surface area contributed by atoms with E-state index in [9.17, 15) is 4.79 Å². The Morgan fingerprint density at radius 1 is 1.27 bits per heavy atom. The summed E-state index contributed by atoms with van der Waals surface area (Å²) in [6, 6.07) is 7.59. The Kier molecular flexibility index (Phi) is 6.56. The molecule has 0 spiro atoms. The maximum atomic E-state index is 11.6. The van der Waals surface area contributed by atoms with Crippen LogP contribution in [0.25, 0.3) is 12.2 Å². The average molecular weight is 353 g/mol. The van der Waals surface area contributed by atoms with E-state index in [0.29, 0.717) is 41.9 Å². The number of hydrogen-bond donors (Lipinski definition) is 1. The van der Waals surface area contributed by atoms with Gasteiger partial charge in [0.2, 0.25) is 0 Å². The first-order valence-corrected chi connectivity index (χ1v) is 8.53. The summed E-state index contributed by atoms with van der Waals surface area (Å²) in [4.78, 5) is 11.6. The van der Waals surface area contributed by atoms with Gasteiger partial charge in [0.15, 0.2) is 11.5 Å². The van der Waals surface area contributed by atoms with Crippen LogP contribution in [0.5, 0.6) is 11.5 Å². The molecule has 0 aliphatic heterocycles. The quantitative estimate of drug-likeness (QED) is 0.822. The molecule has 6 nitrogen and oxygen atoms in total. The number of aromatic nitrogens is 2. The van der Waals surface area contributed by atoms with E-state index >= 15 is 0 Å². The first kappa shape index (κ1) is 19.3. The van der Waals surface area contributed by atoms with Gasteiger partial charge in [-0.25, -0.2) is 5.10 Å². The summed E-state index contributed by atoms with van der Waals surface area (Å²) in [6.07, 6.45) is 3.61. The molecule has 2 rings (SSSR count). The van der Waals surface area contributed by atoms with Crippen LogP contribution in [0.4, 0.5) is 0 Å². The number of nitrogens with one attached hydrogen (secondary N) is 1. The van der Waals surface area contributed by atoms with E-state index in [1.54, 1.807) is 13.0 Å². The van der Waals surface area contributed by atoms with Crippen LogP contribution in [0, 0.1) is 24.2 Å². The van der Waals surface area contributed by atoms with Crippen molar-refractivity contribution in [2.45, 2.75) is 27.7 Å². The lowest BCUT2D eigenvalue weighted by Crippen LogP contribution is -2.15. The Bertz CT molecular complexity index is 892. The Morgan fingerprint density at radius 3 is 2.69 bits per heavy atom. The number of aromatic amines is 1. The third-order valence-corrected chi connectivity index (χ3v) is 3.65. The van der Waals surface area contributed by atoms with Crippen molar-refractivity contribution in [1.82, 2.24) is 10.2 Å². The summed E-state index contributed by atoms with van der Waals surface area (Å²) in [6.45, 7) is 8.96. The van der Waals surface area contributed by atoms with Gasteiger partial charge in [-0.2, -0.15) is 10.4 Å². The molecule has 1 heterocycles. The van der Waals surface area contributed by atoms with Gasteiger partial charge < -0.3 is 9.47 Å². The van der Waals surface area contributed by atoms with E-state index in [1.807, 2.05) is 37.3 Å². The van der Waals surface area contributed by atoms with Crippen molar-refractivity contribution in [3.05, 3.63) is 50.9 Å². The Morgan fingerprint density at radius 2 is 2.04 bits per heavy atom. The van der Waals surface area contributed by atoms with Crippen molar-refractivity contribution < 1.29 is 9.47 Å². The van der Waals surface area contributed by atoms with E-state index < -0.39 is 5.56 Å². The molecule has 0 saturated heterocycles. The zero-order valence-corrected chi connectivity index (χ0v) is 15.5. The molecule has 136 valence electrons. The molecular formula is C20H23N3O3. The number of hydrogen-bond acceptors (Lipinski definition) is 5. The number of benzene rings is 1. The van der Waals surface area contributed by atoms with E-state index in [4.69, 9.17) is 14.7 Å². The third kappa shape index (κ3) is 4.73. The lowest BCUT2D eigenvalue weighted by atomic mass is 10.1. The number of H-pyrrole nitrogens is 1. The van der Waals surface area contributed by atoms with E-state index in [2.05, 4.69) is 24.0 Å². The molecule has 6 heteroatoms. The molecule has 2 aromatic rings. The zero-order chi connectivity index (χ0) is 19.1. The highest BCUT2D eigenvalue weighted by Gasteiger charge is 2.09. The van der Waals surface area contributed by atoms with Crippen LogP contribution in [0.3, 0.4) is 0 Å². The van der Waals surface area contributed by atoms with Crippen LogP contribution in [-0.4, -0.2) is 23.4 Å². The molecule has 1 aromatic carbocycles. The molecule has 0 unspecified atom stereocenters. The van der Waals surface area contributed by atoms with Gasteiger partial charge >= 0.3 is 0 Å². The van der Waals surface area contributed by atoms with Crippen molar-refractivity contribution >= 4 is 12.2 Å². The molecule has 0 atom stereocenters. The first-order chi connectivity index (χ1) is 12.5. The normalized spacial score (nSPS) is 10.9. The smallest absolute Gasteiger partial charge is 0.282 e. The van der Waals surface area contributed by atoms with Gasteiger partial charge in [-0.1, -0.05) is 26.0 Å². The van der Waals surface area contributed by atoms with Gasteiger partial charge in [0, 0.05) is 0 Å². The lowest BCUT2D eigenvalue weighted by molar-refractivity contribution is 0.248. The van der Waals surface area contributed by atoms with Gasteiger partial charge in [-0.05, 0) is 49.1 Å². The predicted octanol–water partition coefficient (Wildman–Crippen LogP) is 3.55. The number of ether oxygens (including phenoxy) is 2. The Labute approximate surface area is 153 Å². The highest BCUT2D eigenvalue weighted by Crippen LogP contribution is 2.29. The highest BCUT2D eigenvalue weighted by molar-refractivity contribution is 5.71. The number of nitrogens with zero attached hydrogens (tertiary/aromatic N) is 2. The van der Waals surface area contributed by atoms with Crippen molar-refractivity contribution in [3.8, 4) is 17.6 Å². The van der Waals surface area contributed by atoms with Crippen LogP contribution in [0.1, 0.15) is 43.2 Å². The topological polar surface area (TPSA) is 88.0 Å². The predicted molar refractivity (Wildman–Crippen MR) is 101 cm³/mol. The van der Waals surface area contributed by atoms with Crippen molar-refractivity contribution in [2.24, 2.45) is 5.92 Å². The second-order valence-corrected chi connectivity index (χ2v) is 6.23. The van der Waals surface area contributed by atoms with E-state index in [0.717, 1.165) is 5.56 Å². The monoisotopic (exact) mass is 353 g/mol. The van der Waals surface area contributed by atoms with Crippen LogP contribution >= 0.6 is 0 Å². The number of rotatable bonds is 7. The molecule has 0 fully saturated rings. The summed E-state index contributed by atoms with van der Waals surface area (Å²) in [5.41, 5.74) is 1.59. The second-order valence-electron chi connectivity index (χ2n) is 6.23. The standard InChI is InChI=1S/C20H23N3O3/c1-5-25-19-10-15(7-9-18(19)26-12-13(2)3)6-8-17-14(4)16(11-21)20(24)23-22-17/h6-10,13H,5,12H2,1-4H3,(H,23,24)/b8-6+. The van der Waals surface area contributed by atoms with Gasteiger partial charge in [0.05, 0.1) is 18.9 Å². The van der Waals surface area contributed by atoms with Gasteiger partial charge in [0.1, 0.15) is 11.6 Å². The second kappa shape index (κ2) is 8.86. The maximum Gasteiger partial charge on any atom is 0.282 e. The largest absolute Gasteiger partial charge is 0.490 e. The Hall–Kier alpha value is -3.07. The van der Waals surface area contributed by atoms with Crippen molar-refractivity contribution in [3.63, 3.8) is 0 Å². The molecule has 1 N–H and O–H groups in total. The van der Waals surface area contributed by atoms with E-state index in [1.165, 1.54) is 0 Å². The van der Waals surface area contributed by atoms with Gasteiger partial charge in [-0.3, -0.25) is 4.79 Å². The molecule has 0 bridgehead atoms. The minimum absolute atomic E-state index is 0.0760. The Balaban J connectivity index is 2.29. The highest BCUT2D eigenvalue weighted by atomic mass is 16.5. The van der Waals surface area contributed by atoms with Gasteiger partial charge in [0.25, 0.3) is 5.56 Å². The molecule has 0 saturated carbocycles. The fourth-order valence-corrected chi connectivity index (χ4v) is 2.29. The minimum Gasteiger partial charge on any atom is -0.490 e. The third-order valence-electron chi connectivity index (χ3n) is 3.65. The SMILES string of the molecule is CCOc1cc(/C=C/c2n[nH]c(=O)c(C#N)c2C)ccc1OCC(C)C. The van der Waals surface area contributed by atoms with Crippen LogP contribution < -0.4 is 15.0 Å². The molecule has 26 heavy (non-hydrogen) atoms. The van der Waals surface area contributed by atoms with Gasteiger partial charge in [-0.15, -0.1) is 0 Å². The average Bonchev–Trinajstić information content (AvgIpc) is 2.61. The molecular weight excluding hydrogens is 330 g/mol. The zero-order valence-electron chi connectivity index (χ0n) is 15.5. The molecule has 0 aliphatic rings. The molecule has 0 aliphatic carbocycles. The summed E-state index contributed by atoms with van der Waals surface area (Å²) in [7, 11) is 0. The lowest BCUT2D eigenvalue weighted by Gasteiger charge is -2.14. The molecule has 1 aromatic heterocycles. The van der Waals surface area contributed by atoms with E-state index in [-0.39, 0.29) is 5.56 Å². The summed E-state index contributed by atoms with van der Waals surface area (Å²) in [5.74, 6) is 1.81. The van der Waals surface area contributed by atoms with Crippen LogP contribution in [-0.2, 0) is 0 Å². The van der Waals surface area contributed by atoms with Crippen LogP contribution in [0.15, 0.2) is 23.0 Å². The fraction of sp³-hybridized carbons (Fsp3) is 0.350. The minimum atomic E-state index is -0.479. The maximum absolute atomic E-state index is 11.6. The summed E-state index contributed by atoms with van der Waals surface area (Å²) in [5, 5.41) is 15.4. The summed E-state index contributed by atoms with van der Waals surface area (Å²) < 4.78 is 11.5. The van der Waals surface area contributed by atoms with Crippen molar-refractivity contribution in [1.29, 1.82) is 5.26 Å². The van der Waals surface area contributed by atoms with Crippen molar-refractivity contribution in [2.75, 3.05) is 13.2 Å². The summed E-state index contributed by atoms with van der Waals surface area (Å²) >= 11 is 0. The molecule has 0 amide bonds.